The van der Waals surface area contributed by atoms with Crippen LogP contribution >= 0.6 is 11.3 Å². The molecule has 0 N–H and O–H groups in total. The number of fused-ring (bicyclic) bond motifs is 1. The Morgan fingerprint density at radius 3 is 2.71 bits per heavy atom. The fourth-order valence-electron chi connectivity index (χ4n) is 3.14. The van der Waals surface area contributed by atoms with Crippen LogP contribution in [0.2, 0.25) is 0 Å². The quantitative estimate of drug-likeness (QED) is 0.591. The van der Waals surface area contributed by atoms with Crippen LogP contribution in [0.25, 0.3) is 10.1 Å². The van der Waals surface area contributed by atoms with Gasteiger partial charge < -0.3 is 14.2 Å². The zero-order valence-electron chi connectivity index (χ0n) is 15.0. The second-order valence-electron chi connectivity index (χ2n) is 6.50. The third-order valence-corrected chi connectivity index (χ3v) is 5.63. The molecular formula is C21H17FO5S. The molecule has 7 heteroatoms. The normalized spacial score (nSPS) is 18.9. The van der Waals surface area contributed by atoms with E-state index in [1.165, 1.54) is 6.07 Å². The predicted octanol–water partition coefficient (Wildman–Crippen LogP) is 4.48. The molecule has 2 aromatic carbocycles. The summed E-state index contributed by atoms with van der Waals surface area (Å²) in [4.78, 5) is 24.8. The lowest BCUT2D eigenvalue weighted by atomic mass is 10.1. The summed E-state index contributed by atoms with van der Waals surface area (Å²) < 4.78 is 31.2. The lowest BCUT2D eigenvalue weighted by molar-refractivity contribution is -0.147. The van der Waals surface area contributed by atoms with Crippen molar-refractivity contribution in [3.63, 3.8) is 0 Å². The lowest BCUT2D eigenvalue weighted by Gasteiger charge is -2.10. The van der Waals surface area contributed by atoms with Gasteiger partial charge >= 0.3 is 11.9 Å². The zero-order chi connectivity index (χ0) is 19.7. The van der Waals surface area contributed by atoms with Crippen LogP contribution in [0, 0.1) is 5.82 Å². The number of halogens is 1. The number of rotatable bonds is 5. The summed E-state index contributed by atoms with van der Waals surface area (Å²) in [6.45, 7) is 1.74. The first kappa shape index (κ1) is 18.4. The summed E-state index contributed by atoms with van der Waals surface area (Å²) >= 11 is 1.12. The van der Waals surface area contributed by atoms with Gasteiger partial charge in [0.1, 0.15) is 29.2 Å². The summed E-state index contributed by atoms with van der Waals surface area (Å²) in [5.41, 5.74) is 0.409. The van der Waals surface area contributed by atoms with Crippen LogP contribution in [0.15, 0.2) is 48.5 Å². The Kier molecular flexibility index (Phi) is 5.00. The Labute approximate surface area is 164 Å². The fraction of sp³-hybridized carbons (Fsp3) is 0.238. The minimum absolute atomic E-state index is 0.000889. The number of ether oxygens (including phenoxy) is 3. The van der Waals surface area contributed by atoms with Gasteiger partial charge in [-0.1, -0.05) is 24.3 Å². The number of para-hydroxylation sites is 1. The maximum Gasteiger partial charge on any atom is 0.349 e. The summed E-state index contributed by atoms with van der Waals surface area (Å²) in [5.74, 6) is -1.07. The molecule has 1 saturated heterocycles. The molecule has 28 heavy (non-hydrogen) atoms. The third kappa shape index (κ3) is 3.57. The van der Waals surface area contributed by atoms with Gasteiger partial charge in [-0.15, -0.1) is 11.3 Å². The Bertz CT molecular complexity index is 1030. The Morgan fingerprint density at radius 1 is 1.21 bits per heavy atom. The molecule has 0 radical (unpaired) electrons. The van der Waals surface area contributed by atoms with Gasteiger partial charge in [0, 0.05) is 22.1 Å². The van der Waals surface area contributed by atoms with E-state index >= 15 is 0 Å². The first-order chi connectivity index (χ1) is 13.5. The van der Waals surface area contributed by atoms with Crippen molar-refractivity contribution >= 4 is 33.4 Å². The highest BCUT2D eigenvalue weighted by atomic mass is 32.1. The molecule has 0 spiro atoms. The monoisotopic (exact) mass is 400 g/mol. The average molecular weight is 400 g/mol. The number of thiophene rings is 1. The van der Waals surface area contributed by atoms with Crippen molar-refractivity contribution in [2.75, 3.05) is 0 Å². The van der Waals surface area contributed by atoms with E-state index in [0.29, 0.717) is 27.8 Å². The highest BCUT2D eigenvalue weighted by molar-refractivity contribution is 7.21. The maximum absolute atomic E-state index is 14.5. The molecule has 0 saturated carbocycles. The van der Waals surface area contributed by atoms with Gasteiger partial charge in [0.25, 0.3) is 0 Å². The van der Waals surface area contributed by atoms with Crippen LogP contribution in [0.5, 0.6) is 5.75 Å². The largest absolute Gasteiger partial charge is 0.489 e. The average Bonchev–Trinajstić information content (AvgIpc) is 3.21. The number of esters is 2. The van der Waals surface area contributed by atoms with E-state index in [1.807, 2.05) is 18.2 Å². The van der Waals surface area contributed by atoms with E-state index in [-0.39, 0.29) is 17.6 Å². The molecule has 0 bridgehead atoms. The van der Waals surface area contributed by atoms with Gasteiger partial charge in [-0.25, -0.2) is 14.0 Å². The molecular weight excluding hydrogens is 383 g/mol. The summed E-state index contributed by atoms with van der Waals surface area (Å²) in [5, 5.41) is 0.331. The Balaban J connectivity index is 1.66. The summed E-state index contributed by atoms with van der Waals surface area (Å²) in [6.07, 6.45) is -0.939. The number of hydrogen-bond donors (Lipinski definition) is 0. The van der Waals surface area contributed by atoms with Gasteiger partial charge in [-0.2, -0.15) is 0 Å². The molecule has 1 aliphatic heterocycles. The minimum Gasteiger partial charge on any atom is -0.489 e. The molecule has 3 aromatic rings. The third-order valence-electron chi connectivity index (χ3n) is 4.45. The van der Waals surface area contributed by atoms with Crippen LogP contribution in [-0.2, 0) is 20.9 Å². The van der Waals surface area contributed by atoms with E-state index in [9.17, 15) is 14.0 Å². The molecule has 144 valence electrons. The number of carbonyl (C=O) groups excluding carboxylic acids is 2. The smallest absolute Gasteiger partial charge is 0.349 e. The van der Waals surface area contributed by atoms with Gasteiger partial charge in [0.2, 0.25) is 6.10 Å². The predicted molar refractivity (Wildman–Crippen MR) is 102 cm³/mol. The Hall–Kier alpha value is -2.93. The van der Waals surface area contributed by atoms with Crippen LogP contribution < -0.4 is 4.74 Å². The molecule has 1 aromatic heterocycles. The van der Waals surface area contributed by atoms with Gasteiger partial charge in [0.05, 0.1) is 0 Å². The van der Waals surface area contributed by atoms with Crippen molar-refractivity contribution in [3.05, 3.63) is 64.8 Å². The molecule has 5 nitrogen and oxygen atoms in total. The molecule has 0 aliphatic carbocycles. The van der Waals surface area contributed by atoms with Crippen molar-refractivity contribution < 1.29 is 28.2 Å². The molecule has 0 unspecified atom stereocenters. The lowest BCUT2D eigenvalue weighted by Crippen LogP contribution is -2.22. The van der Waals surface area contributed by atoms with Crippen LogP contribution in [-0.4, -0.2) is 24.1 Å². The van der Waals surface area contributed by atoms with Crippen LogP contribution in [0.4, 0.5) is 4.39 Å². The highest BCUT2D eigenvalue weighted by Gasteiger charge is 2.36. The molecule has 2 heterocycles. The van der Waals surface area contributed by atoms with E-state index in [0.717, 1.165) is 11.3 Å². The number of cyclic esters (lactones) is 1. The maximum atomic E-state index is 14.5. The second kappa shape index (κ2) is 7.59. The summed E-state index contributed by atoms with van der Waals surface area (Å²) in [6, 6.07) is 13.7. The zero-order valence-corrected chi connectivity index (χ0v) is 15.8. The SMILES string of the molecule is C[C@@H]1C[C@@H](OC(=O)c2sc3cccc(F)c3c2COc2ccccc2)C(=O)O1. The fourth-order valence-corrected chi connectivity index (χ4v) is 4.25. The first-order valence-electron chi connectivity index (χ1n) is 8.82. The molecule has 1 fully saturated rings. The topological polar surface area (TPSA) is 61.8 Å². The second-order valence-corrected chi connectivity index (χ2v) is 7.55. The van der Waals surface area contributed by atoms with Crippen molar-refractivity contribution in [3.8, 4) is 5.75 Å². The van der Waals surface area contributed by atoms with Crippen LogP contribution in [0.3, 0.4) is 0 Å². The van der Waals surface area contributed by atoms with E-state index in [2.05, 4.69) is 0 Å². The van der Waals surface area contributed by atoms with Crippen molar-refractivity contribution in [1.29, 1.82) is 0 Å². The number of carbonyl (C=O) groups is 2. The van der Waals surface area contributed by atoms with Crippen LogP contribution in [0.1, 0.15) is 28.6 Å². The summed E-state index contributed by atoms with van der Waals surface area (Å²) in [7, 11) is 0. The molecule has 2 atom stereocenters. The van der Waals surface area contributed by atoms with Gasteiger partial charge in [0.15, 0.2) is 0 Å². The highest BCUT2D eigenvalue weighted by Crippen LogP contribution is 2.35. The molecule has 4 rings (SSSR count). The Morgan fingerprint density at radius 2 is 2.00 bits per heavy atom. The first-order valence-corrected chi connectivity index (χ1v) is 9.64. The van der Waals surface area contributed by atoms with E-state index in [4.69, 9.17) is 14.2 Å². The number of benzene rings is 2. The van der Waals surface area contributed by atoms with E-state index < -0.39 is 23.9 Å². The number of hydrogen-bond acceptors (Lipinski definition) is 6. The van der Waals surface area contributed by atoms with Gasteiger partial charge in [-0.3, -0.25) is 0 Å². The molecule has 1 aliphatic rings. The van der Waals surface area contributed by atoms with Gasteiger partial charge in [-0.05, 0) is 31.2 Å². The van der Waals surface area contributed by atoms with Crippen molar-refractivity contribution in [2.24, 2.45) is 0 Å². The van der Waals surface area contributed by atoms with Crippen molar-refractivity contribution in [2.45, 2.75) is 32.2 Å². The molecule has 0 amide bonds. The standard InChI is InChI=1S/C21H17FO5S/c1-12-10-16(20(23)26-12)27-21(24)19-14(11-25-13-6-3-2-4-7-13)18-15(22)8-5-9-17(18)28-19/h2-9,12,16H,10-11H2,1H3/t12-,16-/m1/s1. The van der Waals surface area contributed by atoms with Crippen molar-refractivity contribution in [1.82, 2.24) is 0 Å². The minimum atomic E-state index is -0.944. The van der Waals surface area contributed by atoms with E-state index in [1.54, 1.807) is 31.2 Å².